The molecular formula is C20H24N6. The third kappa shape index (κ3) is 3.75. The second-order valence-corrected chi connectivity index (χ2v) is 6.86. The van der Waals surface area contributed by atoms with E-state index in [1.165, 1.54) is 12.8 Å². The fourth-order valence-corrected chi connectivity index (χ4v) is 3.65. The van der Waals surface area contributed by atoms with Crippen LogP contribution < -0.4 is 4.90 Å². The number of para-hydroxylation sites is 1. The van der Waals surface area contributed by atoms with Crippen LogP contribution in [-0.4, -0.2) is 51.1 Å². The zero-order valence-electron chi connectivity index (χ0n) is 15.1. The van der Waals surface area contributed by atoms with Gasteiger partial charge < -0.3 is 4.90 Å². The van der Waals surface area contributed by atoms with Crippen LogP contribution in [0.4, 0.5) is 5.82 Å². The largest absolute Gasteiger partial charge is 0.351 e. The van der Waals surface area contributed by atoms with Crippen LogP contribution in [0.15, 0.2) is 60.9 Å². The van der Waals surface area contributed by atoms with Gasteiger partial charge in [0.05, 0.1) is 11.4 Å². The summed E-state index contributed by atoms with van der Waals surface area (Å²) in [6.45, 7) is 2.89. The molecule has 0 bridgehead atoms. The number of rotatable bonds is 6. The molecule has 1 unspecified atom stereocenters. The van der Waals surface area contributed by atoms with Gasteiger partial charge in [0.25, 0.3) is 0 Å². The summed E-state index contributed by atoms with van der Waals surface area (Å²) in [6.07, 6.45) is 6.15. The predicted octanol–water partition coefficient (Wildman–Crippen LogP) is 2.76. The van der Waals surface area contributed by atoms with Crippen LogP contribution in [0, 0.1) is 0 Å². The Balaban J connectivity index is 1.38. The Morgan fingerprint density at radius 2 is 2.00 bits per heavy atom. The van der Waals surface area contributed by atoms with E-state index in [0.717, 1.165) is 36.8 Å². The molecule has 0 aliphatic carbocycles. The van der Waals surface area contributed by atoms with E-state index in [0.29, 0.717) is 6.04 Å². The van der Waals surface area contributed by atoms with Gasteiger partial charge >= 0.3 is 0 Å². The molecule has 0 radical (unpaired) electrons. The van der Waals surface area contributed by atoms with Crippen molar-refractivity contribution in [2.24, 2.45) is 0 Å². The third-order valence-electron chi connectivity index (χ3n) is 4.85. The topological polar surface area (TPSA) is 50.1 Å². The molecule has 1 fully saturated rings. The molecule has 2 aromatic heterocycles. The molecule has 3 heterocycles. The highest BCUT2D eigenvalue weighted by Gasteiger charge is 2.26. The lowest BCUT2D eigenvalue weighted by atomic mass is 10.2. The molecule has 0 N–H and O–H groups in total. The Kier molecular flexibility index (Phi) is 4.93. The van der Waals surface area contributed by atoms with Crippen LogP contribution in [0.2, 0.25) is 0 Å². The summed E-state index contributed by atoms with van der Waals surface area (Å²) in [5.74, 6) is 0.983. The monoisotopic (exact) mass is 348 g/mol. The number of benzene rings is 1. The summed E-state index contributed by atoms with van der Waals surface area (Å²) >= 11 is 0. The standard InChI is InChI=1S/C20H24N6/c1-24(15-17-11-14-26(23-17)18-7-3-2-4-8-18)16-19-9-6-13-25(19)20-10-5-12-21-22-20/h2-5,7-8,10-12,14,19H,6,9,13,15-16H2,1H3. The first-order valence-corrected chi connectivity index (χ1v) is 9.12. The third-order valence-corrected chi connectivity index (χ3v) is 4.85. The van der Waals surface area contributed by atoms with Crippen molar-refractivity contribution in [2.45, 2.75) is 25.4 Å². The van der Waals surface area contributed by atoms with Gasteiger partial charge in [0, 0.05) is 38.1 Å². The number of hydrogen-bond acceptors (Lipinski definition) is 5. The Morgan fingerprint density at radius 3 is 2.81 bits per heavy atom. The molecule has 3 aromatic rings. The van der Waals surface area contributed by atoms with Crippen molar-refractivity contribution in [3.8, 4) is 5.69 Å². The molecular weight excluding hydrogens is 324 g/mol. The van der Waals surface area contributed by atoms with Crippen molar-refractivity contribution in [2.75, 3.05) is 25.0 Å². The zero-order chi connectivity index (χ0) is 17.8. The second-order valence-electron chi connectivity index (χ2n) is 6.86. The predicted molar refractivity (Wildman–Crippen MR) is 102 cm³/mol. The van der Waals surface area contributed by atoms with Crippen molar-refractivity contribution in [1.29, 1.82) is 0 Å². The van der Waals surface area contributed by atoms with Crippen LogP contribution in [0.25, 0.3) is 5.69 Å². The van der Waals surface area contributed by atoms with Gasteiger partial charge in [0.15, 0.2) is 5.82 Å². The van der Waals surface area contributed by atoms with E-state index in [-0.39, 0.29) is 0 Å². The summed E-state index contributed by atoms with van der Waals surface area (Å²) in [7, 11) is 2.16. The van der Waals surface area contributed by atoms with Gasteiger partial charge in [-0.25, -0.2) is 4.68 Å². The molecule has 26 heavy (non-hydrogen) atoms. The highest BCUT2D eigenvalue weighted by molar-refractivity contribution is 5.39. The van der Waals surface area contributed by atoms with Gasteiger partial charge in [0.1, 0.15) is 0 Å². The number of anilines is 1. The SMILES string of the molecule is CN(Cc1ccn(-c2ccccc2)n1)CC1CCCN1c1cccnn1. The maximum absolute atomic E-state index is 4.71. The van der Waals surface area contributed by atoms with Crippen LogP contribution >= 0.6 is 0 Å². The van der Waals surface area contributed by atoms with Gasteiger partial charge in [-0.1, -0.05) is 18.2 Å². The normalized spacial score (nSPS) is 17.2. The van der Waals surface area contributed by atoms with E-state index in [2.05, 4.69) is 45.2 Å². The van der Waals surface area contributed by atoms with E-state index >= 15 is 0 Å². The van der Waals surface area contributed by atoms with Crippen molar-refractivity contribution in [3.63, 3.8) is 0 Å². The number of nitrogens with zero attached hydrogens (tertiary/aromatic N) is 6. The minimum atomic E-state index is 0.480. The lowest BCUT2D eigenvalue weighted by Crippen LogP contribution is -2.39. The molecule has 0 saturated carbocycles. The van der Waals surface area contributed by atoms with Gasteiger partial charge in [0.2, 0.25) is 0 Å². The van der Waals surface area contributed by atoms with Crippen molar-refractivity contribution in [1.82, 2.24) is 24.9 Å². The molecule has 1 aromatic carbocycles. The lowest BCUT2D eigenvalue weighted by molar-refractivity contribution is 0.299. The smallest absolute Gasteiger partial charge is 0.151 e. The fourth-order valence-electron chi connectivity index (χ4n) is 3.65. The summed E-state index contributed by atoms with van der Waals surface area (Å²) in [6, 6.07) is 16.8. The van der Waals surface area contributed by atoms with E-state index in [9.17, 15) is 0 Å². The van der Waals surface area contributed by atoms with Gasteiger partial charge in [-0.3, -0.25) is 4.90 Å². The molecule has 134 valence electrons. The average Bonchev–Trinajstić information content (AvgIpc) is 3.33. The Morgan fingerprint density at radius 1 is 1.12 bits per heavy atom. The minimum Gasteiger partial charge on any atom is -0.351 e. The van der Waals surface area contributed by atoms with E-state index < -0.39 is 0 Å². The summed E-state index contributed by atoms with van der Waals surface area (Å²) in [4.78, 5) is 4.73. The molecule has 0 spiro atoms. The van der Waals surface area contributed by atoms with Gasteiger partial charge in [-0.2, -0.15) is 10.2 Å². The minimum absolute atomic E-state index is 0.480. The van der Waals surface area contributed by atoms with Crippen LogP contribution in [0.5, 0.6) is 0 Å². The van der Waals surface area contributed by atoms with Crippen molar-refractivity contribution >= 4 is 5.82 Å². The average molecular weight is 348 g/mol. The Labute approximate surface area is 154 Å². The zero-order valence-corrected chi connectivity index (χ0v) is 15.1. The maximum Gasteiger partial charge on any atom is 0.151 e. The molecule has 6 nitrogen and oxygen atoms in total. The summed E-state index contributed by atoms with van der Waals surface area (Å²) in [5, 5.41) is 13.0. The Hall–Kier alpha value is -2.73. The summed E-state index contributed by atoms with van der Waals surface area (Å²) in [5.41, 5.74) is 2.17. The van der Waals surface area contributed by atoms with Gasteiger partial charge in [-0.05, 0) is 50.2 Å². The van der Waals surface area contributed by atoms with E-state index in [4.69, 9.17) is 5.10 Å². The quantitative estimate of drug-likeness (QED) is 0.686. The van der Waals surface area contributed by atoms with Crippen LogP contribution in [0.1, 0.15) is 18.5 Å². The molecule has 0 amide bonds. The van der Waals surface area contributed by atoms with Crippen LogP contribution in [-0.2, 0) is 6.54 Å². The fraction of sp³-hybridized carbons (Fsp3) is 0.350. The molecule has 1 aliphatic heterocycles. The Bertz CT molecular complexity index is 817. The highest BCUT2D eigenvalue weighted by atomic mass is 15.3. The van der Waals surface area contributed by atoms with Crippen molar-refractivity contribution < 1.29 is 0 Å². The first kappa shape index (κ1) is 16.7. The lowest BCUT2D eigenvalue weighted by Gasteiger charge is -2.28. The summed E-state index contributed by atoms with van der Waals surface area (Å²) < 4.78 is 1.94. The molecule has 6 heteroatoms. The molecule has 1 atom stereocenters. The molecule has 1 saturated heterocycles. The first-order valence-electron chi connectivity index (χ1n) is 9.12. The van der Waals surface area contributed by atoms with Gasteiger partial charge in [-0.15, -0.1) is 5.10 Å². The van der Waals surface area contributed by atoms with E-state index in [1.54, 1.807) is 6.20 Å². The maximum atomic E-state index is 4.71. The number of likely N-dealkylation sites (N-methyl/N-ethyl adjacent to an activating group) is 1. The second kappa shape index (κ2) is 7.66. The highest BCUT2D eigenvalue weighted by Crippen LogP contribution is 2.23. The number of hydrogen-bond donors (Lipinski definition) is 0. The van der Waals surface area contributed by atoms with E-state index in [1.807, 2.05) is 41.2 Å². The number of aromatic nitrogens is 4. The molecule has 4 rings (SSSR count). The first-order chi connectivity index (χ1) is 12.8. The van der Waals surface area contributed by atoms with Crippen LogP contribution in [0.3, 0.4) is 0 Å². The molecule has 1 aliphatic rings. The van der Waals surface area contributed by atoms with Crippen molar-refractivity contribution in [3.05, 3.63) is 66.6 Å².